The summed E-state index contributed by atoms with van der Waals surface area (Å²) in [6, 6.07) is 7.20. The van der Waals surface area contributed by atoms with E-state index in [4.69, 9.17) is 0 Å². The third-order valence-corrected chi connectivity index (χ3v) is 5.19. The highest BCUT2D eigenvalue weighted by Gasteiger charge is 2.37. The lowest BCUT2D eigenvalue weighted by Crippen LogP contribution is -2.27. The molecule has 1 aliphatic heterocycles. The summed E-state index contributed by atoms with van der Waals surface area (Å²) in [5, 5.41) is 1.44. The van der Waals surface area contributed by atoms with Crippen molar-refractivity contribution in [1.82, 2.24) is 14.8 Å². The Labute approximate surface area is 146 Å². The average molecular weight is 326 g/mol. The minimum atomic E-state index is 0.578. The zero-order valence-electron chi connectivity index (χ0n) is 15.9. The van der Waals surface area contributed by atoms with Crippen LogP contribution in [0.1, 0.15) is 25.0 Å². The van der Waals surface area contributed by atoms with Crippen LogP contribution in [0.15, 0.2) is 30.0 Å². The van der Waals surface area contributed by atoms with Crippen molar-refractivity contribution in [3.05, 3.63) is 41.1 Å². The molecule has 1 fully saturated rings. The molecule has 3 heteroatoms. The Hall–Kier alpha value is -1.58. The predicted octanol–water partition coefficient (Wildman–Crippen LogP) is 3.87. The van der Waals surface area contributed by atoms with E-state index >= 15 is 0 Å². The zero-order valence-corrected chi connectivity index (χ0v) is 15.9. The molecule has 2 unspecified atom stereocenters. The van der Waals surface area contributed by atoms with E-state index in [9.17, 15) is 0 Å². The minimum absolute atomic E-state index is 0.578. The van der Waals surface area contributed by atoms with Crippen LogP contribution in [-0.2, 0) is 6.42 Å². The van der Waals surface area contributed by atoms with Crippen molar-refractivity contribution in [1.29, 1.82) is 0 Å². The van der Waals surface area contributed by atoms with E-state index in [1.165, 1.54) is 28.6 Å². The van der Waals surface area contributed by atoms with Gasteiger partial charge in [-0.1, -0.05) is 32.1 Å². The molecule has 2 atom stereocenters. The summed E-state index contributed by atoms with van der Waals surface area (Å²) in [6.07, 6.45) is 5.83. The van der Waals surface area contributed by atoms with Crippen molar-refractivity contribution in [3.63, 3.8) is 0 Å². The third kappa shape index (κ3) is 3.15. The Balaban J connectivity index is 0.000000383. The second kappa shape index (κ2) is 6.73. The van der Waals surface area contributed by atoms with Crippen LogP contribution < -0.4 is 0 Å². The van der Waals surface area contributed by atoms with Crippen molar-refractivity contribution < 1.29 is 0 Å². The largest absolute Gasteiger partial charge is 0.361 e. The summed E-state index contributed by atoms with van der Waals surface area (Å²) in [7, 11) is 8.28. The first-order valence-corrected chi connectivity index (χ1v) is 9.00. The van der Waals surface area contributed by atoms with Gasteiger partial charge in [0.2, 0.25) is 0 Å². The van der Waals surface area contributed by atoms with Gasteiger partial charge in [-0.2, -0.15) is 0 Å². The van der Waals surface area contributed by atoms with Crippen LogP contribution in [0.2, 0.25) is 0 Å². The number of nitrogens with one attached hydrogen (secondary N) is 1. The number of rotatable bonds is 1. The number of fused-ring (bicyclic) bond motifs is 1. The van der Waals surface area contributed by atoms with E-state index in [1.54, 1.807) is 5.57 Å². The molecule has 130 valence electrons. The molecule has 2 aromatic rings. The van der Waals surface area contributed by atoms with Gasteiger partial charge in [-0.05, 0) is 69.2 Å². The molecule has 2 heterocycles. The van der Waals surface area contributed by atoms with Gasteiger partial charge in [0.25, 0.3) is 0 Å². The molecular weight excluding hydrogens is 294 g/mol. The number of benzene rings is 1. The van der Waals surface area contributed by atoms with Crippen molar-refractivity contribution in [2.45, 2.75) is 26.3 Å². The van der Waals surface area contributed by atoms with Crippen LogP contribution in [-0.4, -0.2) is 55.6 Å². The Morgan fingerprint density at radius 2 is 1.92 bits per heavy atom. The average Bonchev–Trinajstić information content (AvgIpc) is 2.98. The molecule has 0 amide bonds. The number of aromatic amines is 1. The van der Waals surface area contributed by atoms with Gasteiger partial charge in [0.05, 0.1) is 0 Å². The SMILES string of the molecule is CC(C)C1CN(C)C2Cc3c[nH]c4cccc(c34)C=C12.CN(C)C. The Morgan fingerprint density at radius 3 is 2.58 bits per heavy atom. The first kappa shape index (κ1) is 17.2. The quantitative estimate of drug-likeness (QED) is 0.860. The van der Waals surface area contributed by atoms with Gasteiger partial charge in [-0.3, -0.25) is 4.90 Å². The highest BCUT2D eigenvalue weighted by molar-refractivity contribution is 5.93. The smallest absolute Gasteiger partial charge is 0.0462 e. The molecule has 2 aliphatic rings. The number of likely N-dealkylation sites (N-methyl/N-ethyl adjacent to an activating group) is 1. The highest BCUT2D eigenvalue weighted by atomic mass is 15.2. The monoisotopic (exact) mass is 325 g/mol. The summed E-state index contributed by atoms with van der Waals surface area (Å²) in [6.45, 7) is 5.91. The van der Waals surface area contributed by atoms with Crippen LogP contribution in [0.25, 0.3) is 17.0 Å². The van der Waals surface area contributed by atoms with Crippen molar-refractivity contribution in [2.24, 2.45) is 11.8 Å². The summed E-state index contributed by atoms with van der Waals surface area (Å²) in [5.74, 6) is 1.42. The number of likely N-dealkylation sites (tertiary alicyclic amines) is 1. The van der Waals surface area contributed by atoms with Gasteiger partial charge < -0.3 is 9.88 Å². The molecule has 1 saturated heterocycles. The highest BCUT2D eigenvalue weighted by Crippen LogP contribution is 2.40. The van der Waals surface area contributed by atoms with E-state index in [2.05, 4.69) is 61.3 Å². The van der Waals surface area contributed by atoms with Gasteiger partial charge in [-0.15, -0.1) is 0 Å². The fraction of sp³-hybridized carbons (Fsp3) is 0.524. The molecule has 4 rings (SSSR count). The molecule has 1 aromatic carbocycles. The van der Waals surface area contributed by atoms with Gasteiger partial charge in [-0.25, -0.2) is 0 Å². The predicted molar refractivity (Wildman–Crippen MR) is 104 cm³/mol. The van der Waals surface area contributed by atoms with Crippen molar-refractivity contribution in [2.75, 3.05) is 34.7 Å². The van der Waals surface area contributed by atoms with E-state index in [1.807, 2.05) is 26.0 Å². The van der Waals surface area contributed by atoms with E-state index in [0.717, 1.165) is 6.42 Å². The second-order valence-corrected chi connectivity index (χ2v) is 8.08. The zero-order chi connectivity index (χ0) is 17.4. The molecule has 0 radical (unpaired) electrons. The fourth-order valence-electron chi connectivity index (χ4n) is 4.07. The third-order valence-electron chi connectivity index (χ3n) is 5.19. The van der Waals surface area contributed by atoms with Gasteiger partial charge >= 0.3 is 0 Å². The maximum atomic E-state index is 3.43. The molecule has 24 heavy (non-hydrogen) atoms. The molecule has 3 nitrogen and oxygen atoms in total. The van der Waals surface area contributed by atoms with Crippen molar-refractivity contribution >= 4 is 17.0 Å². The number of H-pyrrole nitrogens is 1. The molecule has 0 spiro atoms. The van der Waals surface area contributed by atoms with Crippen molar-refractivity contribution in [3.8, 4) is 0 Å². The van der Waals surface area contributed by atoms with E-state index < -0.39 is 0 Å². The maximum Gasteiger partial charge on any atom is 0.0462 e. The summed E-state index contributed by atoms with van der Waals surface area (Å²) in [4.78, 5) is 7.97. The van der Waals surface area contributed by atoms with Crippen LogP contribution in [0.3, 0.4) is 0 Å². The minimum Gasteiger partial charge on any atom is -0.361 e. The molecule has 0 saturated carbocycles. The summed E-state index contributed by atoms with van der Waals surface area (Å²) >= 11 is 0. The standard InChI is InChI=1S/C18H22N2.C3H9N/c1-11(2)15-10-20(3)17-8-13-9-19-16-6-4-5-12(18(13)16)7-14(15)17;1-4(2)3/h4-7,9,11,15,17,19H,8,10H2,1-3H3;1-3H3. The number of hydrogen-bond donors (Lipinski definition) is 1. The number of nitrogens with zero attached hydrogens (tertiary/aromatic N) is 2. The molecule has 1 aromatic heterocycles. The Morgan fingerprint density at radius 1 is 1.21 bits per heavy atom. The summed E-state index contributed by atoms with van der Waals surface area (Å²) < 4.78 is 0. The molecule has 1 N–H and O–H groups in total. The Kier molecular flexibility index (Phi) is 4.84. The number of hydrogen-bond acceptors (Lipinski definition) is 2. The van der Waals surface area contributed by atoms with Gasteiger partial charge in [0.1, 0.15) is 0 Å². The Bertz CT molecular complexity index is 736. The maximum absolute atomic E-state index is 3.43. The topological polar surface area (TPSA) is 22.3 Å². The first-order valence-electron chi connectivity index (χ1n) is 9.00. The van der Waals surface area contributed by atoms with Gasteiger partial charge in [0, 0.05) is 29.7 Å². The lowest BCUT2D eigenvalue weighted by Gasteiger charge is -2.19. The van der Waals surface area contributed by atoms with E-state index in [-0.39, 0.29) is 0 Å². The summed E-state index contributed by atoms with van der Waals surface area (Å²) in [5.41, 5.74) is 5.80. The number of aromatic nitrogens is 1. The molecule has 0 bridgehead atoms. The lowest BCUT2D eigenvalue weighted by molar-refractivity contribution is 0.304. The second-order valence-electron chi connectivity index (χ2n) is 8.08. The van der Waals surface area contributed by atoms with Crippen LogP contribution in [0.4, 0.5) is 0 Å². The molecule has 1 aliphatic carbocycles. The van der Waals surface area contributed by atoms with E-state index in [0.29, 0.717) is 17.9 Å². The van der Waals surface area contributed by atoms with Crippen LogP contribution in [0, 0.1) is 11.8 Å². The van der Waals surface area contributed by atoms with Crippen LogP contribution >= 0.6 is 0 Å². The normalized spacial score (nSPS) is 23.1. The molecular formula is C21H31N3. The van der Waals surface area contributed by atoms with Gasteiger partial charge in [0.15, 0.2) is 0 Å². The first-order chi connectivity index (χ1) is 11.4. The fourth-order valence-corrected chi connectivity index (χ4v) is 4.07. The van der Waals surface area contributed by atoms with Crippen LogP contribution in [0.5, 0.6) is 0 Å². The lowest BCUT2D eigenvalue weighted by atomic mass is 9.87.